The van der Waals surface area contributed by atoms with E-state index in [4.69, 9.17) is 0 Å². The molecule has 0 radical (unpaired) electrons. The number of benzene rings is 1. The number of amides is 1. The molecule has 0 aromatic heterocycles. The van der Waals surface area contributed by atoms with E-state index in [9.17, 15) is 10.1 Å². The molecule has 4 heteroatoms. The molecule has 128 valence electrons. The average molecular weight is 325 g/mol. The van der Waals surface area contributed by atoms with Crippen molar-refractivity contribution >= 4 is 5.91 Å². The zero-order chi connectivity index (χ0) is 16.8. The van der Waals surface area contributed by atoms with Gasteiger partial charge in [-0.15, -0.1) is 0 Å². The smallest absolute Gasteiger partial charge is 0.224 e. The molecule has 2 aliphatic rings. The molecule has 2 atom stereocenters. The normalized spacial score (nSPS) is 26.0. The largest absolute Gasteiger partial charge is 0.356 e. The SMILES string of the molecule is N#Cc1ccccc1CN1CCCCCCNC(=O)C2CCCC21. The van der Waals surface area contributed by atoms with Gasteiger partial charge in [0.2, 0.25) is 5.91 Å². The molecule has 1 aliphatic carbocycles. The highest BCUT2D eigenvalue weighted by Crippen LogP contribution is 2.32. The topological polar surface area (TPSA) is 56.1 Å². The Bertz CT molecular complexity index is 607. The number of carbonyl (C=O) groups excluding carboxylic acids is 1. The first kappa shape index (κ1) is 17.0. The first-order chi connectivity index (χ1) is 11.8. The van der Waals surface area contributed by atoms with Gasteiger partial charge in [-0.3, -0.25) is 9.69 Å². The average Bonchev–Trinajstić information content (AvgIpc) is 3.08. The molecule has 1 N–H and O–H groups in total. The zero-order valence-electron chi connectivity index (χ0n) is 14.3. The molecule has 0 bridgehead atoms. The summed E-state index contributed by atoms with van der Waals surface area (Å²) in [6.45, 7) is 2.62. The van der Waals surface area contributed by atoms with E-state index in [0.29, 0.717) is 6.04 Å². The lowest BCUT2D eigenvalue weighted by Gasteiger charge is -2.32. The molecule has 24 heavy (non-hydrogen) atoms. The van der Waals surface area contributed by atoms with Gasteiger partial charge in [-0.1, -0.05) is 37.5 Å². The summed E-state index contributed by atoms with van der Waals surface area (Å²) in [6, 6.07) is 10.5. The van der Waals surface area contributed by atoms with Crippen LogP contribution in [-0.2, 0) is 11.3 Å². The lowest BCUT2D eigenvalue weighted by atomic mass is 9.99. The Morgan fingerprint density at radius 1 is 1.12 bits per heavy atom. The van der Waals surface area contributed by atoms with Crippen molar-refractivity contribution in [2.24, 2.45) is 5.92 Å². The number of rotatable bonds is 2. The molecule has 1 amide bonds. The number of fused-ring (bicyclic) bond motifs is 1. The highest BCUT2D eigenvalue weighted by Gasteiger charge is 2.36. The van der Waals surface area contributed by atoms with Crippen LogP contribution in [0.25, 0.3) is 0 Å². The van der Waals surface area contributed by atoms with Crippen LogP contribution >= 0.6 is 0 Å². The van der Waals surface area contributed by atoms with Crippen LogP contribution in [0.1, 0.15) is 56.1 Å². The van der Waals surface area contributed by atoms with E-state index >= 15 is 0 Å². The Morgan fingerprint density at radius 3 is 2.83 bits per heavy atom. The Morgan fingerprint density at radius 2 is 1.96 bits per heavy atom. The molecule has 1 aliphatic heterocycles. The van der Waals surface area contributed by atoms with E-state index < -0.39 is 0 Å². The summed E-state index contributed by atoms with van der Waals surface area (Å²) in [5.74, 6) is 0.343. The van der Waals surface area contributed by atoms with Crippen molar-refractivity contribution in [2.45, 2.75) is 57.5 Å². The second-order valence-corrected chi connectivity index (χ2v) is 7.05. The molecule has 2 unspecified atom stereocenters. The first-order valence-electron chi connectivity index (χ1n) is 9.29. The van der Waals surface area contributed by atoms with Crippen molar-refractivity contribution in [3.05, 3.63) is 35.4 Å². The lowest BCUT2D eigenvalue weighted by molar-refractivity contribution is -0.126. The van der Waals surface area contributed by atoms with E-state index in [1.54, 1.807) is 0 Å². The van der Waals surface area contributed by atoms with Crippen molar-refractivity contribution in [1.82, 2.24) is 10.2 Å². The molecule has 1 aromatic rings. The van der Waals surface area contributed by atoms with Gasteiger partial charge in [0.15, 0.2) is 0 Å². The van der Waals surface area contributed by atoms with Gasteiger partial charge in [-0.05, 0) is 43.9 Å². The van der Waals surface area contributed by atoms with Gasteiger partial charge >= 0.3 is 0 Å². The van der Waals surface area contributed by atoms with Gasteiger partial charge in [0.25, 0.3) is 0 Å². The van der Waals surface area contributed by atoms with Gasteiger partial charge in [-0.2, -0.15) is 5.26 Å². The Labute approximate surface area is 144 Å². The van der Waals surface area contributed by atoms with Crippen molar-refractivity contribution in [3.63, 3.8) is 0 Å². The summed E-state index contributed by atoms with van der Waals surface area (Å²) in [7, 11) is 0. The molecule has 3 rings (SSSR count). The highest BCUT2D eigenvalue weighted by molar-refractivity contribution is 5.79. The van der Waals surface area contributed by atoms with Crippen molar-refractivity contribution in [1.29, 1.82) is 5.26 Å². The standard InChI is InChI=1S/C20H27N3O/c21-14-16-8-3-4-9-17(16)15-23-13-6-2-1-5-12-22-20(24)18-10-7-11-19(18)23/h3-4,8-9,18-19H,1-2,5-7,10-13,15H2,(H,22,24). The van der Waals surface area contributed by atoms with Gasteiger partial charge in [-0.25, -0.2) is 0 Å². The third-order valence-electron chi connectivity index (χ3n) is 5.47. The van der Waals surface area contributed by atoms with Crippen LogP contribution in [-0.4, -0.2) is 29.9 Å². The maximum Gasteiger partial charge on any atom is 0.224 e. The number of nitrogens with one attached hydrogen (secondary N) is 1. The van der Waals surface area contributed by atoms with Gasteiger partial charge in [0.05, 0.1) is 17.6 Å². The quantitative estimate of drug-likeness (QED) is 0.908. The van der Waals surface area contributed by atoms with E-state index in [1.807, 2.05) is 24.3 Å². The van der Waals surface area contributed by atoms with Gasteiger partial charge in [0.1, 0.15) is 0 Å². The highest BCUT2D eigenvalue weighted by atomic mass is 16.1. The number of carbonyl (C=O) groups is 1. The van der Waals surface area contributed by atoms with Crippen LogP contribution in [0.4, 0.5) is 0 Å². The number of hydrogen-bond donors (Lipinski definition) is 1. The summed E-state index contributed by atoms with van der Waals surface area (Å²) < 4.78 is 0. The molecular formula is C20H27N3O. The summed E-state index contributed by atoms with van der Waals surface area (Å²) in [6.07, 6.45) is 7.85. The molecule has 0 spiro atoms. The molecule has 2 fully saturated rings. The Balaban J connectivity index is 1.81. The molecular weight excluding hydrogens is 298 g/mol. The number of nitrogens with zero attached hydrogens (tertiary/aromatic N) is 2. The van der Waals surface area contributed by atoms with Gasteiger partial charge in [0, 0.05) is 19.1 Å². The second kappa shape index (κ2) is 8.30. The minimum Gasteiger partial charge on any atom is -0.356 e. The fraction of sp³-hybridized carbons (Fsp3) is 0.600. The maximum absolute atomic E-state index is 12.6. The Kier molecular flexibility index (Phi) is 5.87. The molecule has 1 heterocycles. The van der Waals surface area contributed by atoms with Crippen molar-refractivity contribution < 1.29 is 4.79 Å². The monoisotopic (exact) mass is 325 g/mol. The van der Waals surface area contributed by atoms with Crippen molar-refractivity contribution in [3.8, 4) is 6.07 Å². The minimum absolute atomic E-state index is 0.109. The summed E-state index contributed by atoms with van der Waals surface area (Å²) >= 11 is 0. The van der Waals surface area contributed by atoms with E-state index in [0.717, 1.165) is 56.4 Å². The lowest BCUT2D eigenvalue weighted by Crippen LogP contribution is -2.44. The molecule has 1 saturated carbocycles. The zero-order valence-corrected chi connectivity index (χ0v) is 14.3. The molecule has 1 saturated heterocycles. The summed E-state index contributed by atoms with van der Waals surface area (Å²) in [4.78, 5) is 15.0. The first-order valence-corrected chi connectivity index (χ1v) is 9.29. The van der Waals surface area contributed by atoms with Crippen molar-refractivity contribution in [2.75, 3.05) is 13.1 Å². The van der Waals surface area contributed by atoms with E-state index in [-0.39, 0.29) is 11.8 Å². The third-order valence-corrected chi connectivity index (χ3v) is 5.47. The van der Waals surface area contributed by atoms with Crippen LogP contribution in [0.3, 0.4) is 0 Å². The van der Waals surface area contributed by atoms with Crippen LogP contribution in [0, 0.1) is 17.2 Å². The van der Waals surface area contributed by atoms with E-state index in [2.05, 4.69) is 16.3 Å². The minimum atomic E-state index is 0.109. The fourth-order valence-corrected chi connectivity index (χ4v) is 4.17. The summed E-state index contributed by atoms with van der Waals surface area (Å²) in [5.41, 5.74) is 1.84. The second-order valence-electron chi connectivity index (χ2n) is 7.05. The summed E-state index contributed by atoms with van der Waals surface area (Å²) in [5, 5.41) is 12.5. The molecule has 4 nitrogen and oxygen atoms in total. The van der Waals surface area contributed by atoms with Crippen LogP contribution in [0.5, 0.6) is 0 Å². The Hall–Kier alpha value is -1.86. The van der Waals surface area contributed by atoms with E-state index in [1.165, 1.54) is 19.3 Å². The third kappa shape index (κ3) is 3.96. The predicted octanol–water partition coefficient (Wildman–Crippen LogP) is 3.22. The number of hydrogen-bond acceptors (Lipinski definition) is 3. The maximum atomic E-state index is 12.6. The number of nitriles is 1. The van der Waals surface area contributed by atoms with Crippen LogP contribution in [0.15, 0.2) is 24.3 Å². The molecule has 1 aromatic carbocycles. The van der Waals surface area contributed by atoms with Crippen LogP contribution in [0.2, 0.25) is 0 Å². The van der Waals surface area contributed by atoms with Crippen LogP contribution < -0.4 is 5.32 Å². The predicted molar refractivity (Wildman–Crippen MR) is 94.2 cm³/mol. The fourth-order valence-electron chi connectivity index (χ4n) is 4.17. The van der Waals surface area contributed by atoms with Gasteiger partial charge < -0.3 is 5.32 Å².